The van der Waals surface area contributed by atoms with Crippen molar-refractivity contribution in [3.63, 3.8) is 0 Å². The Kier molecular flexibility index (Phi) is 11.1. The predicted molar refractivity (Wildman–Crippen MR) is 126 cm³/mol. The molecule has 0 radical (unpaired) electrons. The number of nitrogens with zero attached hydrogens (tertiary/aromatic N) is 2. The minimum atomic E-state index is -0.347. The van der Waals surface area contributed by atoms with E-state index < -0.39 is 0 Å². The lowest BCUT2D eigenvalue weighted by Crippen LogP contribution is -2.40. The molecule has 30 heavy (non-hydrogen) atoms. The van der Waals surface area contributed by atoms with Crippen LogP contribution in [0.15, 0.2) is 26.2 Å². The molecule has 168 valence electrons. The third kappa shape index (κ3) is 7.83. The average Bonchev–Trinajstić information content (AvgIpc) is 2.72. The maximum Gasteiger partial charge on any atom is 0.269 e. The van der Waals surface area contributed by atoms with Gasteiger partial charge in [-0.15, -0.1) is 0 Å². The lowest BCUT2D eigenvalue weighted by atomic mass is 10.0. The summed E-state index contributed by atoms with van der Waals surface area (Å²) in [5, 5.41) is 15.4. The van der Waals surface area contributed by atoms with Gasteiger partial charge >= 0.3 is 0 Å². The minimum Gasteiger partial charge on any atom is -0.491 e. The summed E-state index contributed by atoms with van der Waals surface area (Å²) in [5.74, 6) is 0.339. The highest BCUT2D eigenvalue weighted by molar-refractivity contribution is 9.11. The largest absolute Gasteiger partial charge is 0.491 e. The third-order valence-corrected chi connectivity index (χ3v) is 6.43. The van der Waals surface area contributed by atoms with Gasteiger partial charge in [0.25, 0.3) is 5.91 Å². The van der Waals surface area contributed by atoms with E-state index in [0.717, 1.165) is 40.4 Å². The third-order valence-electron chi connectivity index (χ3n) is 5.26. The predicted octanol–water partition coefficient (Wildman–Crippen LogP) is 3.69. The van der Waals surface area contributed by atoms with E-state index in [0.29, 0.717) is 31.5 Å². The molecule has 1 saturated heterocycles. The number of halogens is 2. The molecule has 7 nitrogen and oxygen atoms in total. The van der Waals surface area contributed by atoms with Crippen molar-refractivity contribution in [3.05, 3.63) is 26.6 Å². The fourth-order valence-corrected chi connectivity index (χ4v) is 5.05. The summed E-state index contributed by atoms with van der Waals surface area (Å²) in [4.78, 5) is 14.9. The molecule has 0 saturated carbocycles. The van der Waals surface area contributed by atoms with Gasteiger partial charge in [-0.2, -0.15) is 0 Å². The Hall–Kier alpha value is -1.16. The summed E-state index contributed by atoms with van der Waals surface area (Å²) >= 11 is 7.00. The van der Waals surface area contributed by atoms with Crippen LogP contribution in [0.3, 0.4) is 0 Å². The monoisotopic (exact) mass is 546 g/mol. The highest BCUT2D eigenvalue weighted by atomic mass is 79.9. The minimum absolute atomic E-state index is 0.0805. The zero-order valence-electron chi connectivity index (χ0n) is 17.5. The fraction of sp³-hybridized carbons (Fsp3) is 0.619. The van der Waals surface area contributed by atoms with Crippen LogP contribution in [0.25, 0.3) is 0 Å². The Labute approximate surface area is 195 Å². The lowest BCUT2D eigenvalue weighted by molar-refractivity contribution is -0.115. The van der Waals surface area contributed by atoms with Crippen LogP contribution < -0.4 is 15.8 Å². The first-order chi connectivity index (χ1) is 14.5. The zero-order valence-corrected chi connectivity index (χ0v) is 20.7. The molecule has 0 aromatic heterocycles. The molecule has 1 atom stereocenters. The lowest BCUT2D eigenvalue weighted by Gasteiger charge is -2.33. The molecule has 1 heterocycles. The van der Waals surface area contributed by atoms with Crippen molar-refractivity contribution < 1.29 is 14.7 Å². The maximum absolute atomic E-state index is 12.4. The Morgan fingerprint density at radius 2 is 2.07 bits per heavy atom. The van der Waals surface area contributed by atoms with Gasteiger partial charge in [0.2, 0.25) is 0 Å². The van der Waals surface area contributed by atoms with Gasteiger partial charge < -0.3 is 25.9 Å². The zero-order chi connectivity index (χ0) is 21.9. The van der Waals surface area contributed by atoms with E-state index in [1.807, 2.05) is 12.1 Å². The molecule has 1 unspecified atom stereocenters. The molecule has 1 amide bonds. The maximum atomic E-state index is 12.4. The highest BCUT2D eigenvalue weighted by Gasteiger charge is 2.18. The number of hydrogen-bond acceptors (Lipinski definition) is 6. The van der Waals surface area contributed by atoms with E-state index >= 15 is 0 Å². The first-order valence-electron chi connectivity index (χ1n) is 10.5. The average molecular weight is 548 g/mol. The van der Waals surface area contributed by atoms with E-state index in [1.165, 1.54) is 19.3 Å². The number of benzene rings is 1. The van der Waals surface area contributed by atoms with Gasteiger partial charge in [0.15, 0.2) is 0 Å². The van der Waals surface area contributed by atoms with Crippen molar-refractivity contribution in [2.75, 3.05) is 32.8 Å². The first kappa shape index (κ1) is 25.1. The SMILES string of the molecule is CC1CCCCN1CCCNC(=O)/C(Cc1cc(Br)c(OCCCN)c(Br)c1)=N/O. The quantitative estimate of drug-likeness (QED) is 0.170. The molecule has 0 spiro atoms. The van der Waals surface area contributed by atoms with Gasteiger partial charge in [-0.3, -0.25) is 4.79 Å². The van der Waals surface area contributed by atoms with Crippen LogP contribution >= 0.6 is 31.9 Å². The number of piperidine rings is 1. The first-order valence-corrected chi connectivity index (χ1v) is 12.1. The molecule has 1 fully saturated rings. The topological polar surface area (TPSA) is 100 Å². The van der Waals surface area contributed by atoms with Gasteiger partial charge in [-0.25, -0.2) is 0 Å². The summed E-state index contributed by atoms with van der Waals surface area (Å²) < 4.78 is 7.25. The Morgan fingerprint density at radius 1 is 1.33 bits per heavy atom. The van der Waals surface area contributed by atoms with Crippen molar-refractivity contribution in [1.82, 2.24) is 10.2 Å². The van der Waals surface area contributed by atoms with Crippen molar-refractivity contribution >= 4 is 43.5 Å². The number of likely N-dealkylation sites (tertiary alicyclic amines) is 1. The van der Waals surface area contributed by atoms with Crippen molar-refractivity contribution in [2.24, 2.45) is 10.9 Å². The number of carbonyl (C=O) groups excluding carboxylic acids is 1. The standard InChI is InChI=1S/C21H32Br2N4O3/c1-15-6-2-3-9-27(15)10-5-8-25-21(28)19(26-29)14-16-12-17(22)20(18(23)13-16)30-11-4-7-24/h12-13,15,29H,2-11,14,24H2,1H3,(H,25,28)/b26-19+. The molecule has 0 bridgehead atoms. The summed E-state index contributed by atoms with van der Waals surface area (Å²) in [6.07, 6.45) is 5.65. The molecule has 2 rings (SSSR count). The molecule has 1 aliphatic heterocycles. The van der Waals surface area contributed by atoms with Gasteiger partial charge in [0, 0.05) is 25.6 Å². The molecule has 4 N–H and O–H groups in total. The van der Waals surface area contributed by atoms with Crippen LogP contribution in [0.1, 0.15) is 44.6 Å². The summed E-state index contributed by atoms with van der Waals surface area (Å²) in [6.45, 7) is 6.01. The number of carbonyl (C=O) groups is 1. The summed E-state index contributed by atoms with van der Waals surface area (Å²) in [5.41, 5.74) is 6.40. The smallest absolute Gasteiger partial charge is 0.269 e. The second-order valence-corrected chi connectivity index (χ2v) is 9.30. The number of ether oxygens (including phenoxy) is 1. The van der Waals surface area contributed by atoms with Crippen LogP contribution in [-0.4, -0.2) is 60.6 Å². The van der Waals surface area contributed by atoms with Gasteiger partial charge in [0.1, 0.15) is 11.5 Å². The molecule has 9 heteroatoms. The van der Waals surface area contributed by atoms with Crippen LogP contribution in [0, 0.1) is 0 Å². The van der Waals surface area contributed by atoms with Crippen molar-refractivity contribution in [1.29, 1.82) is 0 Å². The van der Waals surface area contributed by atoms with Gasteiger partial charge in [-0.05, 0) is 95.3 Å². The van der Waals surface area contributed by atoms with Gasteiger partial charge in [-0.1, -0.05) is 11.6 Å². The highest BCUT2D eigenvalue weighted by Crippen LogP contribution is 2.35. The van der Waals surface area contributed by atoms with Crippen molar-refractivity contribution in [3.8, 4) is 5.75 Å². The van der Waals surface area contributed by atoms with Crippen LogP contribution in [-0.2, 0) is 11.2 Å². The second-order valence-electron chi connectivity index (χ2n) is 7.59. The number of hydrogen-bond donors (Lipinski definition) is 3. The van der Waals surface area contributed by atoms with E-state index in [1.54, 1.807) is 0 Å². The number of oxime groups is 1. The second kappa shape index (κ2) is 13.3. The number of nitrogens with one attached hydrogen (secondary N) is 1. The molecular weight excluding hydrogens is 516 g/mol. The Bertz CT molecular complexity index is 707. The number of rotatable bonds is 11. The fourth-order valence-electron chi connectivity index (χ4n) is 3.54. The van der Waals surface area contributed by atoms with Crippen LogP contribution in [0.5, 0.6) is 5.75 Å². The Morgan fingerprint density at radius 3 is 2.70 bits per heavy atom. The van der Waals surface area contributed by atoms with Crippen molar-refractivity contribution in [2.45, 2.75) is 51.5 Å². The van der Waals surface area contributed by atoms with Gasteiger partial charge in [0.05, 0.1) is 15.6 Å². The van der Waals surface area contributed by atoms with E-state index in [4.69, 9.17) is 10.5 Å². The molecule has 1 aliphatic rings. The Balaban J connectivity index is 1.84. The summed E-state index contributed by atoms with van der Waals surface area (Å²) in [7, 11) is 0. The van der Waals surface area contributed by atoms with Crippen LogP contribution in [0.4, 0.5) is 0 Å². The van der Waals surface area contributed by atoms with E-state index in [9.17, 15) is 10.0 Å². The van der Waals surface area contributed by atoms with E-state index in [-0.39, 0.29) is 18.0 Å². The number of nitrogens with two attached hydrogens (primary N) is 1. The number of amides is 1. The van der Waals surface area contributed by atoms with Crippen LogP contribution in [0.2, 0.25) is 0 Å². The molecule has 1 aromatic carbocycles. The summed E-state index contributed by atoms with van der Waals surface area (Å²) in [6, 6.07) is 4.33. The molecular formula is C21H32Br2N4O3. The van der Waals surface area contributed by atoms with E-state index in [2.05, 4.69) is 54.2 Å². The molecule has 0 aliphatic carbocycles. The molecule has 1 aromatic rings. The normalized spacial score (nSPS) is 17.7.